The highest BCUT2D eigenvalue weighted by molar-refractivity contribution is 7.17. The number of amides is 1. The van der Waals surface area contributed by atoms with Crippen LogP contribution in [0.5, 0.6) is 0 Å². The second-order valence-electron chi connectivity index (χ2n) is 7.65. The van der Waals surface area contributed by atoms with Gasteiger partial charge in [0, 0.05) is 34.1 Å². The fourth-order valence-corrected chi connectivity index (χ4v) is 5.47. The maximum atomic E-state index is 13.1. The van der Waals surface area contributed by atoms with Crippen LogP contribution in [0.1, 0.15) is 53.1 Å². The number of hydrogen-bond acceptors (Lipinski definition) is 5. The molecule has 32 heavy (non-hydrogen) atoms. The number of carbonyl (C=O) groups is 2. The molecule has 1 aromatic carbocycles. The summed E-state index contributed by atoms with van der Waals surface area (Å²) in [5, 5.41) is 14.0. The van der Waals surface area contributed by atoms with Crippen molar-refractivity contribution in [2.75, 3.05) is 11.9 Å². The number of ether oxygens (including phenoxy) is 1. The van der Waals surface area contributed by atoms with E-state index in [2.05, 4.69) is 9.88 Å². The number of benzene rings is 1. The molecular formula is C25H25N3O3S. The lowest BCUT2D eigenvalue weighted by molar-refractivity contribution is -0.112. The molecule has 0 saturated carbocycles. The first kappa shape index (κ1) is 21.8. The van der Waals surface area contributed by atoms with E-state index in [0.717, 1.165) is 59.1 Å². The Morgan fingerprint density at radius 2 is 2.03 bits per heavy atom. The molecule has 7 heteroatoms. The molecule has 1 amide bonds. The number of anilines is 1. The molecule has 2 heterocycles. The Kier molecular flexibility index (Phi) is 6.42. The first-order valence-electron chi connectivity index (χ1n) is 10.9. The summed E-state index contributed by atoms with van der Waals surface area (Å²) in [7, 11) is 0. The molecule has 0 spiro atoms. The van der Waals surface area contributed by atoms with Crippen LogP contribution in [-0.4, -0.2) is 23.1 Å². The molecule has 0 radical (unpaired) electrons. The van der Waals surface area contributed by atoms with Gasteiger partial charge in [-0.15, -0.1) is 11.3 Å². The van der Waals surface area contributed by atoms with E-state index in [1.54, 1.807) is 13.0 Å². The summed E-state index contributed by atoms with van der Waals surface area (Å²) in [6, 6.07) is 9.93. The molecule has 0 saturated heterocycles. The molecule has 0 unspecified atom stereocenters. The number of aromatic nitrogens is 1. The summed E-state index contributed by atoms with van der Waals surface area (Å²) in [5.74, 6) is -0.944. The predicted octanol–water partition coefficient (Wildman–Crippen LogP) is 5.32. The summed E-state index contributed by atoms with van der Waals surface area (Å²) < 4.78 is 7.34. The minimum absolute atomic E-state index is 0.00909. The number of rotatable bonds is 6. The Hall–Kier alpha value is -3.37. The van der Waals surface area contributed by atoms with Crippen molar-refractivity contribution in [3.05, 3.63) is 57.6 Å². The molecule has 3 aromatic rings. The SMILES string of the molecule is CCOC(=O)c1c(NC(=O)/C(C#N)=C/c2cn(CC)c3ccccc23)sc2c1CCCC2. The number of nitrogens with one attached hydrogen (secondary N) is 1. The van der Waals surface area contributed by atoms with Crippen molar-refractivity contribution in [2.24, 2.45) is 0 Å². The van der Waals surface area contributed by atoms with Crippen LogP contribution >= 0.6 is 11.3 Å². The molecule has 1 aliphatic carbocycles. The summed E-state index contributed by atoms with van der Waals surface area (Å²) >= 11 is 1.42. The molecule has 0 atom stereocenters. The zero-order valence-electron chi connectivity index (χ0n) is 18.2. The average Bonchev–Trinajstić information content (AvgIpc) is 3.35. The lowest BCUT2D eigenvalue weighted by Crippen LogP contribution is -2.16. The second-order valence-corrected chi connectivity index (χ2v) is 8.75. The standard InChI is InChI=1S/C25H25N3O3S/c1-3-28-15-17(18-9-5-7-11-20(18)28)13-16(14-26)23(29)27-24-22(25(30)31-4-2)19-10-6-8-12-21(19)32-24/h5,7,9,11,13,15H,3-4,6,8,10,12H2,1-2H3,(H,27,29)/b16-13+. The molecule has 1 aliphatic rings. The van der Waals surface area contributed by atoms with Gasteiger partial charge < -0.3 is 14.6 Å². The molecule has 6 nitrogen and oxygen atoms in total. The van der Waals surface area contributed by atoms with Crippen LogP contribution in [0.4, 0.5) is 5.00 Å². The van der Waals surface area contributed by atoms with Gasteiger partial charge in [-0.2, -0.15) is 5.26 Å². The van der Waals surface area contributed by atoms with Crippen molar-refractivity contribution < 1.29 is 14.3 Å². The van der Waals surface area contributed by atoms with Gasteiger partial charge in [-0.1, -0.05) is 18.2 Å². The van der Waals surface area contributed by atoms with Crippen LogP contribution in [-0.2, 0) is 28.9 Å². The van der Waals surface area contributed by atoms with Gasteiger partial charge in [-0.25, -0.2) is 4.79 Å². The van der Waals surface area contributed by atoms with E-state index in [4.69, 9.17) is 4.74 Å². The van der Waals surface area contributed by atoms with Crippen molar-refractivity contribution in [3.63, 3.8) is 0 Å². The van der Waals surface area contributed by atoms with E-state index >= 15 is 0 Å². The zero-order chi connectivity index (χ0) is 22.7. The number of carbonyl (C=O) groups excluding carboxylic acids is 2. The highest BCUT2D eigenvalue weighted by Crippen LogP contribution is 2.39. The van der Waals surface area contributed by atoms with Crippen LogP contribution in [0, 0.1) is 11.3 Å². The van der Waals surface area contributed by atoms with Crippen LogP contribution in [0.2, 0.25) is 0 Å². The number of aryl methyl sites for hydroxylation is 2. The number of nitrogens with zero attached hydrogens (tertiary/aromatic N) is 2. The van der Waals surface area contributed by atoms with Gasteiger partial charge >= 0.3 is 5.97 Å². The lowest BCUT2D eigenvalue weighted by Gasteiger charge is -2.12. The third-order valence-electron chi connectivity index (χ3n) is 5.70. The molecule has 0 bridgehead atoms. The number of para-hydroxylation sites is 1. The van der Waals surface area contributed by atoms with Crippen molar-refractivity contribution in [2.45, 2.75) is 46.1 Å². The van der Waals surface area contributed by atoms with E-state index < -0.39 is 11.9 Å². The van der Waals surface area contributed by atoms with Gasteiger partial charge in [0.15, 0.2) is 0 Å². The van der Waals surface area contributed by atoms with Crippen molar-refractivity contribution in [3.8, 4) is 6.07 Å². The summed E-state index contributed by atoms with van der Waals surface area (Å²) in [5.41, 5.74) is 3.27. The Bertz CT molecular complexity index is 1260. The van der Waals surface area contributed by atoms with Crippen LogP contribution in [0.25, 0.3) is 17.0 Å². The maximum Gasteiger partial charge on any atom is 0.341 e. The fraction of sp³-hybridized carbons (Fsp3) is 0.320. The number of hydrogen-bond donors (Lipinski definition) is 1. The van der Waals surface area contributed by atoms with E-state index in [1.165, 1.54) is 11.3 Å². The molecule has 0 aliphatic heterocycles. The van der Waals surface area contributed by atoms with Gasteiger partial charge in [0.1, 0.15) is 16.6 Å². The molecule has 1 N–H and O–H groups in total. The number of esters is 1. The summed E-state index contributed by atoms with van der Waals surface area (Å²) in [6.07, 6.45) is 7.32. The van der Waals surface area contributed by atoms with Crippen molar-refractivity contribution >= 4 is 45.2 Å². The van der Waals surface area contributed by atoms with Gasteiger partial charge in [-0.3, -0.25) is 4.79 Å². The average molecular weight is 448 g/mol. The lowest BCUT2D eigenvalue weighted by atomic mass is 9.95. The minimum Gasteiger partial charge on any atom is -0.462 e. The number of thiophene rings is 1. The topological polar surface area (TPSA) is 84.1 Å². The summed E-state index contributed by atoms with van der Waals surface area (Å²) in [4.78, 5) is 26.8. The molecule has 164 valence electrons. The van der Waals surface area contributed by atoms with E-state index in [1.807, 2.05) is 43.5 Å². The first-order chi connectivity index (χ1) is 15.6. The quantitative estimate of drug-likeness (QED) is 0.315. The largest absolute Gasteiger partial charge is 0.462 e. The molecule has 4 rings (SSSR count). The van der Waals surface area contributed by atoms with E-state index in [-0.39, 0.29) is 12.2 Å². The van der Waals surface area contributed by atoms with Gasteiger partial charge in [-0.05, 0) is 57.2 Å². The first-order valence-corrected chi connectivity index (χ1v) is 11.7. The Morgan fingerprint density at radius 1 is 1.25 bits per heavy atom. The molecule has 0 fully saturated rings. The highest BCUT2D eigenvalue weighted by atomic mass is 32.1. The zero-order valence-corrected chi connectivity index (χ0v) is 19.1. The summed E-state index contributed by atoms with van der Waals surface area (Å²) in [6.45, 7) is 4.86. The Labute approximate surface area is 191 Å². The van der Waals surface area contributed by atoms with Gasteiger partial charge in [0.25, 0.3) is 5.91 Å². The van der Waals surface area contributed by atoms with Crippen molar-refractivity contribution in [1.29, 1.82) is 5.26 Å². The third kappa shape index (κ3) is 4.06. The number of nitriles is 1. The Morgan fingerprint density at radius 3 is 2.78 bits per heavy atom. The van der Waals surface area contributed by atoms with Gasteiger partial charge in [0.05, 0.1) is 12.2 Å². The van der Waals surface area contributed by atoms with E-state index in [9.17, 15) is 14.9 Å². The number of fused-ring (bicyclic) bond motifs is 2. The maximum absolute atomic E-state index is 13.1. The molecule has 2 aromatic heterocycles. The highest BCUT2D eigenvalue weighted by Gasteiger charge is 2.27. The van der Waals surface area contributed by atoms with Crippen molar-refractivity contribution in [1.82, 2.24) is 4.57 Å². The monoisotopic (exact) mass is 447 g/mol. The fourth-order valence-electron chi connectivity index (χ4n) is 4.20. The second kappa shape index (κ2) is 9.41. The van der Waals surface area contributed by atoms with Crippen LogP contribution in [0.3, 0.4) is 0 Å². The van der Waals surface area contributed by atoms with E-state index in [0.29, 0.717) is 10.6 Å². The smallest absolute Gasteiger partial charge is 0.341 e. The molecular weight excluding hydrogens is 422 g/mol. The Balaban J connectivity index is 1.69. The minimum atomic E-state index is -0.523. The normalized spacial score (nSPS) is 13.5. The van der Waals surface area contributed by atoms with Crippen LogP contribution < -0.4 is 5.32 Å². The van der Waals surface area contributed by atoms with Gasteiger partial charge in [0.2, 0.25) is 0 Å². The van der Waals surface area contributed by atoms with Crippen LogP contribution in [0.15, 0.2) is 36.0 Å². The predicted molar refractivity (Wildman–Crippen MR) is 127 cm³/mol. The third-order valence-corrected chi connectivity index (χ3v) is 6.91.